The van der Waals surface area contributed by atoms with Crippen molar-refractivity contribution in [3.05, 3.63) is 63.5 Å². The summed E-state index contributed by atoms with van der Waals surface area (Å²) in [5, 5.41) is 12.2. The number of hydrogen-bond donors (Lipinski definition) is 1. The highest BCUT2D eigenvalue weighted by Gasteiger charge is 2.16. The molecule has 3 aromatic rings. The number of aromatic nitrogens is 2. The van der Waals surface area contributed by atoms with E-state index in [9.17, 15) is 18.7 Å². The van der Waals surface area contributed by atoms with Crippen molar-refractivity contribution in [2.45, 2.75) is 12.6 Å². The molecule has 1 unspecified atom stereocenters. The highest BCUT2D eigenvalue weighted by molar-refractivity contribution is 7.16. The maximum atomic E-state index is 13.6. The number of aliphatic hydroxyl groups excluding tert-OH is 1. The van der Waals surface area contributed by atoms with E-state index in [1.807, 2.05) is 0 Å². The van der Waals surface area contributed by atoms with Crippen LogP contribution in [0.15, 0.2) is 40.8 Å². The Bertz CT molecular complexity index is 860. The van der Waals surface area contributed by atoms with E-state index in [4.69, 9.17) is 0 Å². The van der Waals surface area contributed by atoms with Gasteiger partial charge in [-0.1, -0.05) is 0 Å². The van der Waals surface area contributed by atoms with E-state index in [2.05, 4.69) is 4.98 Å². The van der Waals surface area contributed by atoms with E-state index >= 15 is 0 Å². The van der Waals surface area contributed by atoms with Crippen LogP contribution in [0.25, 0.3) is 10.2 Å². The molecule has 21 heavy (non-hydrogen) atoms. The summed E-state index contributed by atoms with van der Waals surface area (Å²) in [6.45, 7) is -0.196. The molecular weight excluding hydrogens is 298 g/mol. The molecular formula is C14H10F2N2O2S. The van der Waals surface area contributed by atoms with Crippen LogP contribution in [0.2, 0.25) is 0 Å². The smallest absolute Gasteiger partial charge is 0.262 e. The second-order valence-corrected chi connectivity index (χ2v) is 5.42. The van der Waals surface area contributed by atoms with Gasteiger partial charge in [0.1, 0.15) is 16.5 Å². The quantitative estimate of drug-likeness (QED) is 0.808. The Kier molecular flexibility index (Phi) is 3.52. The van der Waals surface area contributed by atoms with E-state index < -0.39 is 17.7 Å². The molecule has 3 rings (SSSR count). The van der Waals surface area contributed by atoms with Crippen molar-refractivity contribution in [3.63, 3.8) is 0 Å². The Hall–Kier alpha value is -2.12. The molecule has 1 aromatic carbocycles. The van der Waals surface area contributed by atoms with Crippen LogP contribution in [0, 0.1) is 11.6 Å². The van der Waals surface area contributed by atoms with E-state index in [1.165, 1.54) is 22.2 Å². The highest BCUT2D eigenvalue weighted by Crippen LogP contribution is 2.20. The normalized spacial score (nSPS) is 12.7. The zero-order chi connectivity index (χ0) is 15.0. The maximum Gasteiger partial charge on any atom is 0.262 e. The molecule has 108 valence electrons. The van der Waals surface area contributed by atoms with Crippen molar-refractivity contribution < 1.29 is 13.9 Å². The first-order valence-electron chi connectivity index (χ1n) is 6.12. The monoisotopic (exact) mass is 308 g/mol. The first-order valence-corrected chi connectivity index (χ1v) is 7.00. The number of benzene rings is 1. The van der Waals surface area contributed by atoms with Gasteiger partial charge in [-0.05, 0) is 29.6 Å². The van der Waals surface area contributed by atoms with Crippen molar-refractivity contribution in [1.29, 1.82) is 0 Å². The molecule has 0 saturated heterocycles. The fourth-order valence-electron chi connectivity index (χ4n) is 2.08. The molecule has 0 amide bonds. The number of thiophene rings is 1. The molecule has 4 nitrogen and oxygen atoms in total. The minimum absolute atomic E-state index is 0.188. The molecule has 0 bridgehead atoms. The standard InChI is InChI=1S/C14H10F2N2O2S/c15-8-1-2-11(16)10(5-8)12(19)6-18-7-17-13-9(14(18)20)3-4-21-13/h1-5,7,12,19H,6H2. The van der Waals surface area contributed by atoms with E-state index in [0.29, 0.717) is 10.2 Å². The lowest BCUT2D eigenvalue weighted by Crippen LogP contribution is -2.23. The van der Waals surface area contributed by atoms with Crippen LogP contribution >= 0.6 is 11.3 Å². The average molecular weight is 308 g/mol. The molecule has 1 atom stereocenters. The molecule has 0 aliphatic carbocycles. The van der Waals surface area contributed by atoms with Gasteiger partial charge in [-0.3, -0.25) is 9.36 Å². The fourth-order valence-corrected chi connectivity index (χ4v) is 2.80. The summed E-state index contributed by atoms with van der Waals surface area (Å²) < 4.78 is 27.9. The van der Waals surface area contributed by atoms with Crippen molar-refractivity contribution >= 4 is 21.6 Å². The number of hydrogen-bond acceptors (Lipinski definition) is 4. The van der Waals surface area contributed by atoms with Crippen LogP contribution in [0.3, 0.4) is 0 Å². The largest absolute Gasteiger partial charge is 0.386 e. The second kappa shape index (κ2) is 5.34. The molecule has 0 radical (unpaired) electrons. The third-order valence-corrected chi connectivity index (χ3v) is 3.96. The van der Waals surface area contributed by atoms with Gasteiger partial charge in [-0.2, -0.15) is 0 Å². The van der Waals surface area contributed by atoms with Gasteiger partial charge in [0.05, 0.1) is 24.4 Å². The topological polar surface area (TPSA) is 55.1 Å². The third-order valence-electron chi connectivity index (χ3n) is 3.14. The van der Waals surface area contributed by atoms with Crippen molar-refractivity contribution in [3.8, 4) is 0 Å². The summed E-state index contributed by atoms with van der Waals surface area (Å²) in [6, 6.07) is 4.47. The van der Waals surface area contributed by atoms with Crippen molar-refractivity contribution in [2.75, 3.05) is 0 Å². The van der Waals surface area contributed by atoms with Crippen LogP contribution in [-0.4, -0.2) is 14.7 Å². The highest BCUT2D eigenvalue weighted by atomic mass is 32.1. The molecule has 0 spiro atoms. The maximum absolute atomic E-state index is 13.6. The Morgan fingerprint density at radius 3 is 2.95 bits per heavy atom. The summed E-state index contributed by atoms with van der Waals surface area (Å²) in [5.74, 6) is -1.37. The predicted octanol–water partition coefficient (Wildman–Crippen LogP) is 2.47. The Labute approximate surface area is 121 Å². The third kappa shape index (κ3) is 2.57. The van der Waals surface area contributed by atoms with Crippen molar-refractivity contribution in [2.24, 2.45) is 0 Å². The van der Waals surface area contributed by atoms with Gasteiger partial charge in [-0.15, -0.1) is 11.3 Å². The lowest BCUT2D eigenvalue weighted by molar-refractivity contribution is 0.150. The van der Waals surface area contributed by atoms with E-state index in [0.717, 1.165) is 18.2 Å². The zero-order valence-corrected chi connectivity index (χ0v) is 11.5. The van der Waals surface area contributed by atoms with Gasteiger partial charge in [0.2, 0.25) is 0 Å². The molecule has 0 saturated carbocycles. The van der Waals surface area contributed by atoms with Crippen LogP contribution < -0.4 is 5.56 Å². The summed E-state index contributed by atoms with van der Waals surface area (Å²) in [7, 11) is 0. The minimum Gasteiger partial charge on any atom is -0.386 e. The molecule has 7 heteroatoms. The Balaban J connectivity index is 1.96. The molecule has 0 aliphatic heterocycles. The Morgan fingerprint density at radius 2 is 2.14 bits per heavy atom. The number of aliphatic hydroxyl groups is 1. The summed E-state index contributed by atoms with van der Waals surface area (Å²) in [4.78, 5) is 16.8. The molecule has 1 N–H and O–H groups in total. The van der Waals surface area contributed by atoms with Crippen LogP contribution in [0.4, 0.5) is 8.78 Å². The molecule has 0 aliphatic rings. The number of fused-ring (bicyclic) bond motifs is 1. The number of nitrogens with zero attached hydrogens (tertiary/aromatic N) is 2. The molecule has 0 fully saturated rings. The van der Waals surface area contributed by atoms with Gasteiger partial charge in [0.15, 0.2) is 0 Å². The number of halogens is 2. The zero-order valence-electron chi connectivity index (χ0n) is 10.7. The summed E-state index contributed by atoms with van der Waals surface area (Å²) in [6.07, 6.45) is -0.0435. The summed E-state index contributed by atoms with van der Waals surface area (Å²) in [5.41, 5.74) is -0.510. The van der Waals surface area contributed by atoms with Gasteiger partial charge in [0.25, 0.3) is 5.56 Å². The predicted molar refractivity (Wildman–Crippen MR) is 75.2 cm³/mol. The van der Waals surface area contributed by atoms with Gasteiger partial charge in [0, 0.05) is 5.56 Å². The van der Waals surface area contributed by atoms with Gasteiger partial charge < -0.3 is 5.11 Å². The first-order chi connectivity index (χ1) is 10.1. The van der Waals surface area contributed by atoms with Crippen LogP contribution in [0.5, 0.6) is 0 Å². The minimum atomic E-state index is -1.34. The lowest BCUT2D eigenvalue weighted by Gasteiger charge is -2.13. The summed E-state index contributed by atoms with van der Waals surface area (Å²) >= 11 is 1.33. The molecule has 2 aromatic heterocycles. The fraction of sp³-hybridized carbons (Fsp3) is 0.143. The van der Waals surface area contributed by atoms with Crippen molar-refractivity contribution in [1.82, 2.24) is 9.55 Å². The first kappa shape index (κ1) is 13.8. The van der Waals surface area contributed by atoms with Crippen LogP contribution in [-0.2, 0) is 6.54 Å². The van der Waals surface area contributed by atoms with E-state index in [-0.39, 0.29) is 17.7 Å². The number of rotatable bonds is 3. The Morgan fingerprint density at radius 1 is 1.33 bits per heavy atom. The lowest BCUT2D eigenvalue weighted by atomic mass is 10.1. The second-order valence-electron chi connectivity index (χ2n) is 4.52. The van der Waals surface area contributed by atoms with Gasteiger partial charge >= 0.3 is 0 Å². The molecule has 2 heterocycles. The van der Waals surface area contributed by atoms with Crippen LogP contribution in [0.1, 0.15) is 11.7 Å². The average Bonchev–Trinajstić information content (AvgIpc) is 2.93. The SMILES string of the molecule is O=c1c2ccsc2ncn1CC(O)c1cc(F)ccc1F. The van der Waals surface area contributed by atoms with Gasteiger partial charge in [-0.25, -0.2) is 13.8 Å². The van der Waals surface area contributed by atoms with E-state index in [1.54, 1.807) is 11.4 Å².